The Hall–Kier alpha value is -2.83. The largest absolute Gasteiger partial charge is 0.462 e. The summed E-state index contributed by atoms with van der Waals surface area (Å²) in [5.41, 5.74) is -4.38. The summed E-state index contributed by atoms with van der Waals surface area (Å²) >= 11 is 0. The fourth-order valence-corrected chi connectivity index (χ4v) is 4.85. The van der Waals surface area contributed by atoms with Crippen molar-refractivity contribution in [3.8, 4) is 5.75 Å². The second-order valence-electron chi connectivity index (χ2n) is 8.01. The molecule has 3 rings (SSSR count). The molecule has 1 aliphatic heterocycles. The summed E-state index contributed by atoms with van der Waals surface area (Å²) in [6.07, 6.45) is -6.78. The number of hydrogen-bond donors (Lipinski definition) is 3. The Bertz CT molecular complexity index is 1410. The van der Waals surface area contributed by atoms with Gasteiger partial charge in [-0.25, -0.2) is 13.8 Å². The molecule has 0 saturated carbocycles. The van der Waals surface area contributed by atoms with Crippen molar-refractivity contribution in [3.05, 3.63) is 63.4 Å². The molecule has 1 unspecified atom stereocenters. The van der Waals surface area contributed by atoms with E-state index in [1.807, 2.05) is 4.98 Å². The second-order valence-corrected chi connectivity index (χ2v) is 9.70. The first-order valence-corrected chi connectivity index (χ1v) is 12.1. The van der Waals surface area contributed by atoms with E-state index < -0.39 is 81.5 Å². The smallest absolute Gasteiger partial charge is 0.459 e. The van der Waals surface area contributed by atoms with Crippen LogP contribution in [-0.2, 0) is 23.4 Å². The molecule has 0 radical (unpaired) electrons. The van der Waals surface area contributed by atoms with Gasteiger partial charge in [0.2, 0.25) is 0 Å². The Morgan fingerprint density at radius 3 is 2.69 bits per heavy atom. The number of aliphatic hydroxyl groups excluding tert-OH is 1. The van der Waals surface area contributed by atoms with Crippen LogP contribution in [0.4, 0.5) is 4.39 Å². The summed E-state index contributed by atoms with van der Waals surface area (Å²) in [5, 5.41) is 12.8. The number of carbonyl (C=O) groups is 1. The van der Waals surface area contributed by atoms with E-state index in [0.29, 0.717) is 4.57 Å². The Labute approximate surface area is 214 Å². The number of alkyl halides is 1. The van der Waals surface area contributed by atoms with Crippen molar-refractivity contribution < 1.29 is 45.6 Å². The highest BCUT2D eigenvalue weighted by atomic mass is 31.2. The molecule has 1 aromatic carbocycles. The first-order valence-electron chi connectivity index (χ1n) is 13.6. The number of hydrogen-bond acceptors (Lipinski definition) is 9. The first-order chi connectivity index (χ1) is 19.2. The molecule has 3 N–H and O–H groups in total. The van der Waals surface area contributed by atoms with E-state index in [1.165, 1.54) is 24.3 Å². The summed E-state index contributed by atoms with van der Waals surface area (Å²) < 4.78 is 95.3. The van der Waals surface area contributed by atoms with Crippen LogP contribution in [0.5, 0.6) is 5.75 Å². The lowest BCUT2D eigenvalue weighted by Gasteiger charge is -2.25. The van der Waals surface area contributed by atoms with Crippen LogP contribution < -0.4 is 20.9 Å². The summed E-state index contributed by atoms with van der Waals surface area (Å²) in [6, 6.07) is 6.65. The van der Waals surface area contributed by atoms with Crippen molar-refractivity contribution in [2.75, 3.05) is 6.61 Å². The van der Waals surface area contributed by atoms with Gasteiger partial charge in [-0.1, -0.05) is 18.2 Å². The second kappa shape index (κ2) is 11.1. The molecule has 1 fully saturated rings. The van der Waals surface area contributed by atoms with Gasteiger partial charge in [0.15, 0.2) is 11.9 Å². The highest BCUT2D eigenvalue weighted by Crippen LogP contribution is 2.47. The van der Waals surface area contributed by atoms with Crippen LogP contribution in [0.15, 0.2) is 52.2 Å². The number of rotatable bonds is 10. The highest BCUT2D eigenvalue weighted by molar-refractivity contribution is 7.52. The van der Waals surface area contributed by atoms with Gasteiger partial charge in [0.1, 0.15) is 24.0 Å². The van der Waals surface area contributed by atoms with Crippen LogP contribution in [0, 0.1) is 0 Å². The van der Waals surface area contributed by atoms with Gasteiger partial charge in [-0.3, -0.25) is 23.7 Å². The molecule has 198 valence electrons. The highest BCUT2D eigenvalue weighted by Gasteiger charge is 2.55. The summed E-state index contributed by atoms with van der Waals surface area (Å²) in [5.74, 6) is -1.45. The lowest BCUT2D eigenvalue weighted by atomic mass is 9.98. The lowest BCUT2D eigenvalue weighted by Crippen LogP contribution is -2.43. The van der Waals surface area contributed by atoms with Gasteiger partial charge in [0.25, 0.3) is 5.56 Å². The number of H-pyrrole nitrogens is 1. The molecular weight excluding hydrogens is 500 g/mol. The number of aromatic amines is 1. The van der Waals surface area contributed by atoms with Gasteiger partial charge in [-0.15, -0.1) is 0 Å². The fourth-order valence-electron chi connectivity index (χ4n) is 3.35. The van der Waals surface area contributed by atoms with Crippen molar-refractivity contribution >= 4 is 13.7 Å². The maximum Gasteiger partial charge on any atom is 0.459 e. The number of carbonyl (C=O) groups excluding carboxylic acids is 1. The average molecular weight is 535 g/mol. The Balaban J connectivity index is 1.82. The Morgan fingerprint density at radius 2 is 2.06 bits per heavy atom. The predicted molar refractivity (Wildman–Crippen MR) is 125 cm³/mol. The number of benzene rings is 1. The minimum Gasteiger partial charge on any atom is -0.462 e. The zero-order valence-corrected chi connectivity index (χ0v) is 20.0. The van der Waals surface area contributed by atoms with E-state index >= 15 is 4.39 Å². The number of aliphatic hydroxyl groups is 1. The van der Waals surface area contributed by atoms with Crippen LogP contribution in [0.1, 0.15) is 42.0 Å². The molecule has 12 nitrogen and oxygen atoms in total. The number of aromatic nitrogens is 2. The molecule has 2 aromatic rings. The number of nitrogens with one attached hydrogen (secondary N) is 2. The minimum absolute atomic E-state index is 0.0300. The van der Waals surface area contributed by atoms with Gasteiger partial charge in [0, 0.05) is 20.5 Å². The van der Waals surface area contributed by atoms with Crippen molar-refractivity contribution in [2.45, 2.75) is 63.8 Å². The normalized spacial score (nSPS) is 29.5. The third kappa shape index (κ3) is 6.48. The van der Waals surface area contributed by atoms with Crippen molar-refractivity contribution in [1.82, 2.24) is 14.6 Å². The fraction of sp³-hybridized carbons (Fsp3) is 0.500. The maximum absolute atomic E-state index is 15.5. The van der Waals surface area contributed by atoms with E-state index in [9.17, 15) is 24.1 Å². The van der Waals surface area contributed by atoms with Crippen molar-refractivity contribution in [2.24, 2.45) is 0 Å². The van der Waals surface area contributed by atoms with E-state index in [0.717, 1.165) is 26.1 Å². The van der Waals surface area contributed by atoms with E-state index in [-0.39, 0.29) is 5.75 Å². The average Bonchev–Trinajstić information content (AvgIpc) is 3.08. The molecule has 1 aromatic heterocycles. The van der Waals surface area contributed by atoms with Gasteiger partial charge in [-0.2, -0.15) is 5.09 Å². The number of ether oxygens (including phenoxy) is 2. The SMILES string of the molecule is [2H]C([2H])([2H])C(OC(=O)[C@H](C)NP(=O)(OC[C@H]1O[C@@H](n2ccc(=O)[nH]c2=O)[C@](C)(F)[C@@H]1O)Oc1ccccc1)C([2H])([2H])[2H]. The summed E-state index contributed by atoms with van der Waals surface area (Å²) in [4.78, 5) is 38.2. The molecule has 1 saturated heterocycles. The summed E-state index contributed by atoms with van der Waals surface area (Å²) in [6.45, 7) is -5.24. The molecule has 0 spiro atoms. The molecule has 0 aliphatic carbocycles. The van der Waals surface area contributed by atoms with Gasteiger partial charge in [0.05, 0.1) is 12.7 Å². The number of para-hydroxylation sites is 1. The zero-order valence-electron chi connectivity index (χ0n) is 25.1. The van der Waals surface area contributed by atoms with Gasteiger partial charge >= 0.3 is 19.4 Å². The topological polar surface area (TPSA) is 158 Å². The van der Waals surface area contributed by atoms with Crippen LogP contribution in [0.2, 0.25) is 0 Å². The maximum atomic E-state index is 15.5. The third-order valence-corrected chi connectivity index (χ3v) is 6.78. The Kier molecular flexibility index (Phi) is 6.22. The lowest BCUT2D eigenvalue weighted by molar-refractivity contribution is -0.149. The van der Waals surface area contributed by atoms with E-state index in [1.54, 1.807) is 6.07 Å². The Morgan fingerprint density at radius 1 is 1.36 bits per heavy atom. The van der Waals surface area contributed by atoms with Gasteiger partial charge in [-0.05, 0) is 39.7 Å². The number of halogens is 1. The molecule has 0 bridgehead atoms. The van der Waals surface area contributed by atoms with Crippen molar-refractivity contribution in [3.63, 3.8) is 0 Å². The number of nitrogens with zero attached hydrogens (tertiary/aromatic N) is 1. The van der Waals surface area contributed by atoms with Crippen LogP contribution in [0.25, 0.3) is 0 Å². The molecule has 36 heavy (non-hydrogen) atoms. The van der Waals surface area contributed by atoms with Crippen LogP contribution in [-0.4, -0.2) is 57.3 Å². The van der Waals surface area contributed by atoms with Crippen molar-refractivity contribution in [1.29, 1.82) is 0 Å². The van der Waals surface area contributed by atoms with Gasteiger partial charge < -0.3 is 19.1 Å². The molecule has 1 aliphatic rings. The van der Waals surface area contributed by atoms with Crippen LogP contribution >= 0.6 is 7.75 Å². The van der Waals surface area contributed by atoms with E-state index in [4.69, 9.17) is 26.7 Å². The molecule has 6 atom stereocenters. The van der Waals surface area contributed by atoms with E-state index in [2.05, 4.69) is 5.09 Å². The molecular formula is C22H29FN3O9P. The standard InChI is InChI=1S/C22H29FN3O9P/c1-13(2)33-19(29)14(3)25-36(31,35-15-8-6-5-7-9-15)32-12-16-18(28)22(4,23)20(34-16)26-11-10-17(27)24-21(26)30/h5-11,13-14,16,18,20,28H,12H2,1-4H3,(H,25,31)(H,24,27,30)/t14-,16+,18+,20+,22+,36?/m0/s1/i1D3,2D3. The zero-order chi connectivity index (χ0) is 31.7. The quantitative estimate of drug-likeness (QED) is 0.302. The minimum atomic E-state index is -4.67. The molecule has 2 heterocycles. The summed E-state index contributed by atoms with van der Waals surface area (Å²) in [7, 11) is -4.67. The predicted octanol–water partition coefficient (Wildman–Crippen LogP) is 1.66. The molecule has 14 heteroatoms. The van der Waals surface area contributed by atoms with Crippen LogP contribution in [0.3, 0.4) is 0 Å². The first kappa shape index (κ1) is 20.3. The molecule has 0 amide bonds. The third-order valence-electron chi connectivity index (χ3n) is 5.14. The number of esters is 1. The monoisotopic (exact) mass is 535 g/mol.